The zero-order chi connectivity index (χ0) is 22.3. The minimum absolute atomic E-state index is 0. The predicted molar refractivity (Wildman–Crippen MR) is 134 cm³/mol. The summed E-state index contributed by atoms with van der Waals surface area (Å²) < 4.78 is 9.25. The third-order valence-electron chi connectivity index (χ3n) is 4.90. The number of hydrogen-bond acceptors (Lipinski definition) is 5. The third-order valence-corrected chi connectivity index (χ3v) is 12.0. The average Bonchev–Trinajstić information content (AvgIpc) is 2.99. The molecule has 4 N–H and O–H groups in total. The van der Waals surface area contributed by atoms with E-state index in [4.69, 9.17) is 16.5 Å². The SMILES string of the molecule is CC(C)(C)N1C=CN(C(C)(C)C)[SiH]1Cl.CC(C)(C)N1C=CN(C(C)(C)C)[SiH]1N.[Li+].[NH2-]. The molecule has 0 amide bonds. The number of hydrogen-bond donors (Lipinski definition) is 1. The molecule has 0 unspecified atom stereocenters. The Morgan fingerprint density at radius 3 is 0.900 bits per heavy atom. The first-order valence-electron chi connectivity index (χ1n) is 10.2. The van der Waals surface area contributed by atoms with Crippen molar-refractivity contribution >= 4 is 28.8 Å². The molecule has 0 aromatic heterocycles. The Kier molecular flexibility index (Phi) is 11.4. The quantitative estimate of drug-likeness (QED) is 0.432. The van der Waals surface area contributed by atoms with Gasteiger partial charge in [-0.2, -0.15) is 0 Å². The van der Waals surface area contributed by atoms with E-state index in [0.717, 1.165) is 0 Å². The van der Waals surface area contributed by atoms with Crippen LogP contribution in [0, 0.1) is 0 Å². The molecule has 0 saturated carbocycles. The van der Waals surface area contributed by atoms with Crippen molar-refractivity contribution in [3.8, 4) is 0 Å². The van der Waals surface area contributed by atoms with E-state index in [0.29, 0.717) is 0 Å². The summed E-state index contributed by atoms with van der Waals surface area (Å²) >= 11 is 6.54. The fourth-order valence-electron chi connectivity index (χ4n) is 3.20. The summed E-state index contributed by atoms with van der Waals surface area (Å²) in [5.41, 5.74) is 0.550. The topological polar surface area (TPSA) is 72.5 Å². The number of halogens is 1. The Balaban J connectivity index is 0. The van der Waals surface area contributed by atoms with E-state index in [1.807, 2.05) is 0 Å². The van der Waals surface area contributed by atoms with Gasteiger partial charge in [-0.05, 0) is 83.1 Å². The largest absolute Gasteiger partial charge is 1.00 e. The summed E-state index contributed by atoms with van der Waals surface area (Å²) in [5.74, 6) is 0. The Labute approximate surface area is 206 Å². The minimum Gasteiger partial charge on any atom is -0.693 e. The van der Waals surface area contributed by atoms with Crippen LogP contribution in [0.2, 0.25) is 0 Å². The van der Waals surface area contributed by atoms with Crippen molar-refractivity contribution in [2.45, 2.75) is 105 Å². The van der Waals surface area contributed by atoms with Crippen LogP contribution in [0.15, 0.2) is 24.8 Å². The molecule has 2 aliphatic rings. The molecule has 2 heterocycles. The fraction of sp³-hybridized carbons (Fsp3) is 0.800. The van der Waals surface area contributed by atoms with Crippen LogP contribution < -0.4 is 24.3 Å². The van der Waals surface area contributed by atoms with E-state index in [1.54, 1.807) is 0 Å². The second-order valence-corrected chi connectivity index (χ2v) is 16.5. The van der Waals surface area contributed by atoms with Gasteiger partial charge in [0, 0.05) is 47.0 Å². The van der Waals surface area contributed by atoms with Crippen molar-refractivity contribution in [1.82, 2.24) is 18.3 Å². The molecule has 2 rings (SSSR count). The van der Waals surface area contributed by atoms with Gasteiger partial charge in [0.15, 0.2) is 0 Å². The molecular weight excluding hydrogens is 423 g/mol. The fourth-order valence-corrected chi connectivity index (χ4v) is 9.69. The number of nitrogens with zero attached hydrogens (tertiary/aromatic N) is 4. The summed E-state index contributed by atoms with van der Waals surface area (Å²) in [4.78, 5) is 0. The summed E-state index contributed by atoms with van der Waals surface area (Å²) in [6.45, 7) is 26.4. The van der Waals surface area contributed by atoms with E-state index in [1.165, 1.54) is 0 Å². The van der Waals surface area contributed by atoms with Crippen LogP contribution in [0.4, 0.5) is 0 Å². The molecule has 10 heteroatoms. The molecular formula is C20H46ClLiN6Si2. The normalized spacial score (nSPS) is 18.3. The summed E-state index contributed by atoms with van der Waals surface area (Å²) in [7, 11) is -2.98. The predicted octanol–water partition coefficient (Wildman–Crippen LogP) is 1.70. The van der Waals surface area contributed by atoms with Crippen molar-refractivity contribution in [2.24, 2.45) is 5.40 Å². The Morgan fingerprint density at radius 2 is 0.767 bits per heavy atom. The van der Waals surface area contributed by atoms with Crippen LogP contribution in [-0.2, 0) is 0 Å². The van der Waals surface area contributed by atoms with E-state index < -0.39 is 17.7 Å². The maximum Gasteiger partial charge on any atom is 1.00 e. The molecule has 0 spiro atoms. The summed E-state index contributed by atoms with van der Waals surface area (Å²) in [5, 5.41) is 6.32. The Morgan fingerprint density at radius 1 is 0.567 bits per heavy atom. The van der Waals surface area contributed by atoms with Gasteiger partial charge in [0.05, 0.1) is 0 Å². The van der Waals surface area contributed by atoms with Gasteiger partial charge in [0.2, 0.25) is 0 Å². The molecule has 172 valence electrons. The van der Waals surface area contributed by atoms with Crippen molar-refractivity contribution in [3.05, 3.63) is 31.0 Å². The standard InChI is InChI=1S/C10H21ClN2Si.C10H23N3Si.Li.H2N/c2*1-9(2,3)12-7-8-13(14(12)11)10(4,5)6;;/h7-8,14H,1-6H3;7-8,14H,11H2,1-6H3;;1H2/q;;+1;-1. The van der Waals surface area contributed by atoms with Gasteiger partial charge in [0.1, 0.15) is 0 Å². The molecule has 6 nitrogen and oxygen atoms in total. The van der Waals surface area contributed by atoms with Gasteiger partial charge in [-0.3, -0.25) is 0 Å². The van der Waals surface area contributed by atoms with Gasteiger partial charge in [-0.25, -0.2) is 0 Å². The summed E-state index contributed by atoms with van der Waals surface area (Å²) in [6.07, 6.45) is 8.55. The Hall–Kier alpha value is -0.0788. The summed E-state index contributed by atoms with van der Waals surface area (Å²) in [6, 6.07) is 0. The second-order valence-electron chi connectivity index (χ2n) is 11.6. The van der Waals surface area contributed by atoms with E-state index in [9.17, 15) is 0 Å². The van der Waals surface area contributed by atoms with Crippen LogP contribution in [-0.4, -0.2) is 58.1 Å². The first kappa shape index (κ1) is 32.1. The smallest absolute Gasteiger partial charge is 0.693 e. The molecule has 0 saturated heterocycles. The zero-order valence-corrected chi connectivity index (χ0v) is 24.9. The van der Waals surface area contributed by atoms with Gasteiger partial charge in [-0.1, -0.05) is 0 Å². The van der Waals surface area contributed by atoms with Crippen molar-refractivity contribution in [1.29, 1.82) is 0 Å². The molecule has 30 heavy (non-hydrogen) atoms. The van der Waals surface area contributed by atoms with Crippen molar-refractivity contribution in [3.63, 3.8) is 0 Å². The minimum atomic E-state index is -1.50. The Bertz CT molecular complexity index is 490. The maximum absolute atomic E-state index is 6.54. The van der Waals surface area contributed by atoms with E-state index in [2.05, 4.69) is 126 Å². The molecule has 0 bridgehead atoms. The molecule has 0 aromatic carbocycles. The van der Waals surface area contributed by atoms with Gasteiger partial charge in [-0.15, -0.1) is 11.1 Å². The number of nitrogens with two attached hydrogens (primary N) is 2. The molecule has 0 aromatic rings. The monoisotopic (exact) mass is 468 g/mol. The maximum atomic E-state index is 6.54. The first-order valence-corrected chi connectivity index (χ1v) is 14.7. The van der Waals surface area contributed by atoms with Crippen molar-refractivity contribution in [2.75, 3.05) is 0 Å². The second kappa shape index (κ2) is 10.7. The van der Waals surface area contributed by atoms with Crippen LogP contribution >= 0.6 is 11.1 Å². The molecule has 0 aliphatic carbocycles. The number of rotatable bonds is 0. The van der Waals surface area contributed by atoms with Gasteiger partial charge >= 0.3 is 36.6 Å². The molecule has 0 atom stereocenters. The van der Waals surface area contributed by atoms with E-state index in [-0.39, 0.29) is 47.2 Å². The average molecular weight is 469 g/mol. The van der Waals surface area contributed by atoms with Crippen LogP contribution in [0.3, 0.4) is 0 Å². The van der Waals surface area contributed by atoms with E-state index >= 15 is 0 Å². The van der Waals surface area contributed by atoms with Crippen LogP contribution in [0.25, 0.3) is 6.15 Å². The molecule has 2 aliphatic heterocycles. The molecule has 0 fully saturated rings. The third kappa shape index (κ3) is 8.12. The van der Waals surface area contributed by atoms with Crippen molar-refractivity contribution < 1.29 is 18.9 Å². The van der Waals surface area contributed by atoms with Gasteiger partial charge in [0.25, 0.3) is 0 Å². The molecule has 0 radical (unpaired) electrons. The zero-order valence-electron chi connectivity index (χ0n) is 21.8. The first-order chi connectivity index (χ1) is 12.3. The van der Waals surface area contributed by atoms with Crippen LogP contribution in [0.1, 0.15) is 83.1 Å². The van der Waals surface area contributed by atoms with Gasteiger partial charge < -0.3 is 29.8 Å². The van der Waals surface area contributed by atoms with Crippen LogP contribution in [0.5, 0.6) is 0 Å².